The van der Waals surface area contributed by atoms with Crippen LogP contribution < -0.4 is 10.6 Å². The highest BCUT2D eigenvalue weighted by Gasteiger charge is 2.49. The van der Waals surface area contributed by atoms with Crippen molar-refractivity contribution >= 4 is 39.8 Å². The Morgan fingerprint density at radius 1 is 0.919 bits per heavy atom. The molecule has 4 aliphatic heterocycles. The van der Waals surface area contributed by atoms with Gasteiger partial charge >= 0.3 is 5.97 Å². The molecule has 4 heterocycles. The Hall–Kier alpha value is -1.09. The van der Waals surface area contributed by atoms with Gasteiger partial charge in [0.05, 0.1) is 18.8 Å². The minimum Gasteiger partial charge on any atom is -0.463 e. The number of hydrogen-bond donors (Lipinski definition) is 5. The predicted octanol–water partition coefficient (Wildman–Crippen LogP) is 0.419. The summed E-state index contributed by atoms with van der Waals surface area (Å²) in [6, 6.07) is 0.881. The quantitative estimate of drug-likeness (QED) is 0.298. The van der Waals surface area contributed by atoms with E-state index in [1.807, 2.05) is 0 Å². The fourth-order valence-corrected chi connectivity index (χ4v) is 7.22. The Morgan fingerprint density at radius 2 is 1.46 bits per heavy atom. The number of aliphatic hydroxyl groups is 3. The van der Waals surface area contributed by atoms with Gasteiger partial charge in [0.15, 0.2) is 10.3 Å². The number of carbonyl (C=O) groups is 1. The average molecular weight is 559 g/mol. The lowest BCUT2D eigenvalue weighted by atomic mass is 9.83. The Morgan fingerprint density at radius 3 is 2.00 bits per heavy atom. The Labute approximate surface area is 225 Å². The van der Waals surface area contributed by atoms with Crippen molar-refractivity contribution in [3.05, 3.63) is 0 Å². The molecule has 13 heteroatoms. The molecule has 0 spiro atoms. The minimum atomic E-state index is -1.08. The van der Waals surface area contributed by atoms with Crippen molar-refractivity contribution in [2.75, 3.05) is 13.2 Å². The van der Waals surface area contributed by atoms with E-state index in [9.17, 15) is 15.0 Å². The van der Waals surface area contributed by atoms with Crippen LogP contribution in [0.3, 0.4) is 0 Å². The van der Waals surface area contributed by atoms with Crippen LogP contribution in [0.4, 0.5) is 0 Å². The first-order valence-corrected chi connectivity index (χ1v) is 14.9. The van der Waals surface area contributed by atoms with Gasteiger partial charge in [0.2, 0.25) is 0 Å². The zero-order chi connectivity index (χ0) is 26.3. The average Bonchev–Trinajstić information content (AvgIpc) is 3.78. The number of amidine groups is 2. The summed E-state index contributed by atoms with van der Waals surface area (Å²) in [5, 5.41) is 37.2. The Kier molecular flexibility index (Phi) is 8.59. The van der Waals surface area contributed by atoms with Gasteiger partial charge in [-0.2, -0.15) is 0 Å². The number of aliphatic hydroxyl groups excluding tert-OH is 3. The van der Waals surface area contributed by atoms with E-state index in [0.717, 1.165) is 23.2 Å². The molecule has 0 unspecified atom stereocenters. The summed E-state index contributed by atoms with van der Waals surface area (Å²) in [6.45, 7) is 5.85. The molecule has 2 saturated heterocycles. The molecular formula is C24H38N4O7S2. The Balaban J connectivity index is 0.000000153. The number of hydrogen-bond acceptors (Lipinski definition) is 13. The lowest BCUT2D eigenvalue weighted by Gasteiger charge is -2.40. The van der Waals surface area contributed by atoms with Crippen molar-refractivity contribution in [2.24, 2.45) is 21.8 Å². The SMILES string of the molecule is CC(=O)OC[C@H]1O[C@@H]2SC(NC3CC3)=N[C@@H]2[C@@H](C)[C@@H]1C.OC[C@H]1O[C@@H]2SC(NC3CC3)=N[C@@H]2[C@@H](O)[C@@H]1O. The third-order valence-electron chi connectivity index (χ3n) is 7.64. The van der Waals surface area contributed by atoms with E-state index < -0.39 is 24.4 Å². The van der Waals surface area contributed by atoms with Gasteiger partial charge in [-0.25, -0.2) is 0 Å². The van der Waals surface area contributed by atoms with Crippen molar-refractivity contribution in [3.63, 3.8) is 0 Å². The van der Waals surface area contributed by atoms with E-state index in [2.05, 4.69) is 29.5 Å². The lowest BCUT2D eigenvalue weighted by Crippen LogP contribution is -2.55. The van der Waals surface area contributed by atoms with Gasteiger partial charge in [0.1, 0.15) is 41.8 Å². The number of esters is 1. The van der Waals surface area contributed by atoms with Crippen LogP contribution in [0.15, 0.2) is 9.98 Å². The van der Waals surface area contributed by atoms with Crippen LogP contribution in [0.25, 0.3) is 0 Å². The van der Waals surface area contributed by atoms with E-state index in [1.54, 1.807) is 11.8 Å². The van der Waals surface area contributed by atoms with Gasteiger partial charge in [-0.1, -0.05) is 37.4 Å². The van der Waals surface area contributed by atoms with Crippen molar-refractivity contribution < 1.29 is 34.3 Å². The maximum absolute atomic E-state index is 11.0. The topological polar surface area (TPSA) is 154 Å². The third kappa shape index (κ3) is 6.56. The van der Waals surface area contributed by atoms with E-state index in [-0.39, 0.29) is 35.6 Å². The smallest absolute Gasteiger partial charge is 0.302 e. The lowest BCUT2D eigenvalue weighted by molar-refractivity contribution is -0.164. The van der Waals surface area contributed by atoms with Crippen LogP contribution in [0.1, 0.15) is 46.5 Å². The first-order valence-electron chi connectivity index (χ1n) is 13.2. The van der Waals surface area contributed by atoms with Gasteiger partial charge in [-0.3, -0.25) is 14.8 Å². The van der Waals surface area contributed by atoms with E-state index in [1.165, 1.54) is 31.5 Å². The largest absolute Gasteiger partial charge is 0.463 e. The molecule has 208 valence electrons. The summed E-state index contributed by atoms with van der Waals surface area (Å²) in [6.07, 6.45) is 1.99. The summed E-state index contributed by atoms with van der Waals surface area (Å²) in [5.74, 6) is 0.516. The maximum atomic E-state index is 11.0. The van der Waals surface area contributed by atoms with Crippen LogP contribution in [-0.2, 0) is 19.0 Å². The molecule has 0 aromatic carbocycles. The summed E-state index contributed by atoms with van der Waals surface area (Å²) in [4.78, 5) is 20.1. The molecule has 0 aromatic rings. The van der Waals surface area contributed by atoms with E-state index in [4.69, 9.17) is 24.3 Å². The standard InChI is InChI=1S/C14H22N2O3S.C10H16N2O4S/c1-7-8(2)12-13(19-11(7)6-18-9(3)17)20-14(16-12)15-10-4-5-10;13-3-5-7(14)8(15)6-9(16-5)17-10(12-6)11-4-1-2-4/h7-8,10-13H,4-6H2,1-3H3,(H,15,16);4-9,13-15H,1-3H2,(H,11,12)/t7-,8-,11+,12+,13+;5-,6-,7-,8-,9-/m01/s1. The monoisotopic (exact) mass is 558 g/mol. The second kappa shape index (κ2) is 11.6. The van der Waals surface area contributed by atoms with Crippen molar-refractivity contribution in [1.82, 2.24) is 10.6 Å². The number of thioether (sulfide) groups is 2. The molecule has 2 aliphatic carbocycles. The number of fused-ring (bicyclic) bond motifs is 2. The summed E-state index contributed by atoms with van der Waals surface area (Å²) >= 11 is 3.11. The molecule has 5 N–H and O–H groups in total. The third-order valence-corrected chi connectivity index (χ3v) is 9.78. The number of aliphatic imine (C=N–C) groups is 2. The number of rotatable bonds is 5. The second-order valence-corrected chi connectivity index (χ2v) is 12.9. The molecule has 37 heavy (non-hydrogen) atoms. The molecule has 2 saturated carbocycles. The number of nitrogens with one attached hydrogen (secondary N) is 2. The molecule has 4 fully saturated rings. The molecule has 0 bridgehead atoms. The van der Waals surface area contributed by atoms with Gasteiger partial charge in [0.25, 0.3) is 0 Å². The zero-order valence-electron chi connectivity index (χ0n) is 21.4. The molecule has 0 aromatic heterocycles. The van der Waals surface area contributed by atoms with Crippen molar-refractivity contribution in [3.8, 4) is 0 Å². The molecule has 6 aliphatic rings. The van der Waals surface area contributed by atoms with Crippen LogP contribution >= 0.6 is 23.5 Å². The zero-order valence-corrected chi connectivity index (χ0v) is 23.0. The number of nitrogens with zero attached hydrogens (tertiary/aromatic N) is 2. The van der Waals surface area contributed by atoms with E-state index in [0.29, 0.717) is 30.5 Å². The van der Waals surface area contributed by atoms with Crippen molar-refractivity contribution in [2.45, 2.75) is 106 Å². The van der Waals surface area contributed by atoms with E-state index >= 15 is 0 Å². The molecule has 0 radical (unpaired) electrons. The molecular weight excluding hydrogens is 520 g/mol. The number of carbonyl (C=O) groups excluding carboxylic acids is 1. The van der Waals surface area contributed by atoms with Crippen LogP contribution in [0.5, 0.6) is 0 Å². The maximum Gasteiger partial charge on any atom is 0.302 e. The van der Waals surface area contributed by atoms with Gasteiger partial charge < -0.3 is 40.2 Å². The van der Waals surface area contributed by atoms with Crippen LogP contribution in [-0.4, -0.2) is 104 Å². The first kappa shape index (κ1) is 27.5. The summed E-state index contributed by atoms with van der Waals surface area (Å²) in [7, 11) is 0. The van der Waals surface area contributed by atoms with Crippen molar-refractivity contribution in [1.29, 1.82) is 0 Å². The Bertz CT molecular complexity index is 902. The van der Waals surface area contributed by atoms with Gasteiger partial charge in [0, 0.05) is 19.0 Å². The molecule has 11 nitrogen and oxygen atoms in total. The molecule has 6 rings (SSSR count). The second-order valence-electron chi connectivity index (χ2n) is 10.7. The predicted molar refractivity (Wildman–Crippen MR) is 141 cm³/mol. The minimum absolute atomic E-state index is 0.0295. The molecule has 10 atom stereocenters. The van der Waals surface area contributed by atoms with Crippen LogP contribution in [0, 0.1) is 11.8 Å². The van der Waals surface area contributed by atoms with Gasteiger partial charge in [-0.15, -0.1) is 0 Å². The normalized spacial score (nSPS) is 42.4. The fourth-order valence-electron chi connectivity index (χ4n) is 4.74. The highest BCUT2D eigenvalue weighted by atomic mass is 32.2. The highest BCUT2D eigenvalue weighted by Crippen LogP contribution is 2.42. The van der Waals surface area contributed by atoms with Gasteiger partial charge in [-0.05, 0) is 37.5 Å². The highest BCUT2D eigenvalue weighted by molar-refractivity contribution is 8.14. The first-order chi connectivity index (χ1) is 17.7. The summed E-state index contributed by atoms with van der Waals surface area (Å²) in [5.41, 5.74) is -0.255. The fraction of sp³-hybridized carbons (Fsp3) is 0.875. The number of ether oxygens (including phenoxy) is 3. The van der Waals surface area contributed by atoms with Crippen LogP contribution in [0.2, 0.25) is 0 Å². The summed E-state index contributed by atoms with van der Waals surface area (Å²) < 4.78 is 16.8. The molecule has 0 amide bonds.